The summed E-state index contributed by atoms with van der Waals surface area (Å²) in [5.41, 5.74) is 2.88. The number of anilines is 1. The summed E-state index contributed by atoms with van der Waals surface area (Å²) in [5, 5.41) is 14.6. The Bertz CT molecular complexity index is 567. The molecule has 0 fully saturated rings. The summed E-state index contributed by atoms with van der Waals surface area (Å²) in [7, 11) is 0. The molecule has 5 heteroatoms. The summed E-state index contributed by atoms with van der Waals surface area (Å²) in [6.45, 7) is 3.57. The summed E-state index contributed by atoms with van der Waals surface area (Å²) < 4.78 is 5.58. The van der Waals surface area contributed by atoms with Gasteiger partial charge in [-0.1, -0.05) is 36.3 Å². The molecule has 0 saturated carbocycles. The first-order chi connectivity index (χ1) is 9.85. The van der Waals surface area contributed by atoms with Crippen molar-refractivity contribution in [2.24, 2.45) is 0 Å². The van der Waals surface area contributed by atoms with Crippen LogP contribution in [0.2, 0.25) is 0 Å². The molecule has 1 aromatic carbocycles. The second kappa shape index (κ2) is 6.05. The molecule has 20 heavy (non-hydrogen) atoms. The minimum absolute atomic E-state index is 0.373. The molecule has 0 saturated heterocycles. The van der Waals surface area contributed by atoms with Gasteiger partial charge >= 0.3 is 6.01 Å². The van der Waals surface area contributed by atoms with E-state index >= 15 is 0 Å². The number of hydrogen-bond donors (Lipinski definition) is 2. The molecular formula is C15H20N4O. The highest BCUT2D eigenvalue weighted by Gasteiger charge is 2.19. The Labute approximate surface area is 118 Å². The Morgan fingerprint density at radius 3 is 2.95 bits per heavy atom. The molecule has 3 rings (SSSR count). The first-order valence-corrected chi connectivity index (χ1v) is 7.21. The summed E-state index contributed by atoms with van der Waals surface area (Å²) in [6, 6.07) is 9.53. The van der Waals surface area contributed by atoms with Gasteiger partial charge in [-0.15, -0.1) is 5.10 Å². The maximum absolute atomic E-state index is 5.58. The first-order valence-electron chi connectivity index (χ1n) is 7.21. The molecule has 0 bridgehead atoms. The van der Waals surface area contributed by atoms with Gasteiger partial charge in [0.2, 0.25) is 5.89 Å². The molecule has 1 aromatic heterocycles. The SMILES string of the molecule is CCNCc1nnc(NC2CCc3ccccc3C2)o1. The van der Waals surface area contributed by atoms with Crippen molar-refractivity contribution in [2.45, 2.75) is 38.8 Å². The van der Waals surface area contributed by atoms with Crippen molar-refractivity contribution in [1.82, 2.24) is 15.5 Å². The van der Waals surface area contributed by atoms with Crippen LogP contribution in [0.15, 0.2) is 28.7 Å². The van der Waals surface area contributed by atoms with Crippen LogP contribution in [-0.2, 0) is 19.4 Å². The first kappa shape index (κ1) is 13.1. The van der Waals surface area contributed by atoms with E-state index in [1.807, 2.05) is 0 Å². The maximum Gasteiger partial charge on any atom is 0.315 e. The zero-order valence-electron chi connectivity index (χ0n) is 11.7. The van der Waals surface area contributed by atoms with E-state index in [0.29, 0.717) is 24.5 Å². The van der Waals surface area contributed by atoms with E-state index in [1.165, 1.54) is 11.1 Å². The van der Waals surface area contributed by atoms with Crippen molar-refractivity contribution in [3.63, 3.8) is 0 Å². The van der Waals surface area contributed by atoms with E-state index in [1.54, 1.807) is 0 Å². The van der Waals surface area contributed by atoms with Gasteiger partial charge < -0.3 is 15.1 Å². The van der Waals surface area contributed by atoms with Crippen LogP contribution < -0.4 is 10.6 Å². The van der Waals surface area contributed by atoms with E-state index in [9.17, 15) is 0 Å². The fourth-order valence-corrected chi connectivity index (χ4v) is 2.61. The highest BCUT2D eigenvalue weighted by molar-refractivity contribution is 5.33. The predicted molar refractivity (Wildman–Crippen MR) is 77.6 cm³/mol. The summed E-state index contributed by atoms with van der Waals surface area (Å²) in [5.74, 6) is 0.630. The van der Waals surface area contributed by atoms with E-state index in [0.717, 1.165) is 25.8 Å². The highest BCUT2D eigenvalue weighted by atomic mass is 16.4. The highest BCUT2D eigenvalue weighted by Crippen LogP contribution is 2.23. The van der Waals surface area contributed by atoms with Crippen LogP contribution in [0.25, 0.3) is 0 Å². The van der Waals surface area contributed by atoms with E-state index in [4.69, 9.17) is 4.42 Å². The molecule has 0 amide bonds. The zero-order chi connectivity index (χ0) is 13.8. The van der Waals surface area contributed by atoms with Gasteiger partial charge in [-0.05, 0) is 36.9 Å². The molecule has 0 spiro atoms. The van der Waals surface area contributed by atoms with Crippen LogP contribution in [0, 0.1) is 0 Å². The van der Waals surface area contributed by atoms with Crippen molar-refractivity contribution in [3.05, 3.63) is 41.3 Å². The van der Waals surface area contributed by atoms with Crippen molar-refractivity contribution >= 4 is 6.01 Å². The van der Waals surface area contributed by atoms with Gasteiger partial charge in [-0.2, -0.15) is 0 Å². The molecule has 2 N–H and O–H groups in total. The van der Waals surface area contributed by atoms with Crippen molar-refractivity contribution < 1.29 is 4.42 Å². The Morgan fingerprint density at radius 2 is 2.10 bits per heavy atom. The molecule has 1 aliphatic carbocycles. The number of hydrogen-bond acceptors (Lipinski definition) is 5. The molecule has 2 aromatic rings. The molecule has 106 valence electrons. The Morgan fingerprint density at radius 1 is 1.25 bits per heavy atom. The summed E-state index contributed by atoms with van der Waals surface area (Å²) >= 11 is 0. The second-order valence-electron chi connectivity index (χ2n) is 5.13. The van der Waals surface area contributed by atoms with Gasteiger partial charge in [0, 0.05) is 6.04 Å². The average molecular weight is 272 g/mol. The van der Waals surface area contributed by atoms with Crippen LogP contribution in [0.3, 0.4) is 0 Å². The number of nitrogens with zero attached hydrogens (tertiary/aromatic N) is 2. The van der Waals surface area contributed by atoms with Gasteiger partial charge in [-0.3, -0.25) is 0 Å². The predicted octanol–water partition coefficient (Wildman–Crippen LogP) is 2.15. The standard InChI is InChI=1S/C15H20N4O/c1-2-16-10-14-18-19-15(20-14)17-13-8-7-11-5-3-4-6-12(11)9-13/h3-6,13,16H,2,7-10H2,1H3,(H,17,19). The third-order valence-corrected chi connectivity index (χ3v) is 3.67. The Hall–Kier alpha value is -1.88. The van der Waals surface area contributed by atoms with E-state index in [2.05, 4.69) is 52.0 Å². The fourth-order valence-electron chi connectivity index (χ4n) is 2.61. The largest absolute Gasteiger partial charge is 0.407 e. The molecule has 5 nitrogen and oxygen atoms in total. The minimum Gasteiger partial charge on any atom is -0.407 e. The van der Waals surface area contributed by atoms with E-state index < -0.39 is 0 Å². The Balaban J connectivity index is 1.60. The topological polar surface area (TPSA) is 63.0 Å². The lowest BCUT2D eigenvalue weighted by molar-refractivity contribution is 0.471. The van der Waals surface area contributed by atoms with Crippen LogP contribution in [0.4, 0.5) is 6.01 Å². The van der Waals surface area contributed by atoms with Gasteiger partial charge in [0.15, 0.2) is 0 Å². The molecule has 0 aliphatic heterocycles. The summed E-state index contributed by atoms with van der Waals surface area (Å²) in [6.07, 6.45) is 3.22. The third kappa shape index (κ3) is 2.99. The molecule has 1 atom stereocenters. The number of aromatic nitrogens is 2. The fraction of sp³-hybridized carbons (Fsp3) is 0.467. The number of nitrogens with one attached hydrogen (secondary N) is 2. The molecule has 1 aliphatic rings. The van der Waals surface area contributed by atoms with Crippen LogP contribution in [0.5, 0.6) is 0 Å². The lowest BCUT2D eigenvalue weighted by Gasteiger charge is -2.24. The van der Waals surface area contributed by atoms with Gasteiger partial charge in [-0.25, -0.2) is 0 Å². The average Bonchev–Trinajstić information content (AvgIpc) is 2.92. The zero-order valence-corrected chi connectivity index (χ0v) is 11.7. The normalized spacial score (nSPS) is 17.8. The number of aryl methyl sites for hydroxylation is 1. The van der Waals surface area contributed by atoms with Crippen LogP contribution >= 0.6 is 0 Å². The maximum atomic E-state index is 5.58. The van der Waals surface area contributed by atoms with Crippen molar-refractivity contribution in [2.75, 3.05) is 11.9 Å². The van der Waals surface area contributed by atoms with Crippen molar-refractivity contribution in [1.29, 1.82) is 0 Å². The summed E-state index contributed by atoms with van der Waals surface area (Å²) in [4.78, 5) is 0. The lowest BCUT2D eigenvalue weighted by Crippen LogP contribution is -2.27. The van der Waals surface area contributed by atoms with Crippen LogP contribution in [0.1, 0.15) is 30.4 Å². The van der Waals surface area contributed by atoms with Gasteiger partial charge in [0.1, 0.15) is 0 Å². The molecule has 1 unspecified atom stereocenters. The van der Waals surface area contributed by atoms with Gasteiger partial charge in [0.25, 0.3) is 0 Å². The van der Waals surface area contributed by atoms with Gasteiger partial charge in [0.05, 0.1) is 6.54 Å². The van der Waals surface area contributed by atoms with Crippen LogP contribution in [-0.4, -0.2) is 22.8 Å². The molecule has 1 heterocycles. The second-order valence-corrected chi connectivity index (χ2v) is 5.13. The minimum atomic E-state index is 0.373. The third-order valence-electron chi connectivity index (χ3n) is 3.67. The number of fused-ring (bicyclic) bond motifs is 1. The van der Waals surface area contributed by atoms with Crippen molar-refractivity contribution in [3.8, 4) is 0 Å². The number of rotatable bonds is 5. The lowest BCUT2D eigenvalue weighted by atomic mass is 9.88. The molecular weight excluding hydrogens is 252 g/mol. The van der Waals surface area contributed by atoms with E-state index in [-0.39, 0.29) is 0 Å². The quantitative estimate of drug-likeness (QED) is 0.873. The monoisotopic (exact) mass is 272 g/mol. The number of benzene rings is 1. The smallest absolute Gasteiger partial charge is 0.315 e. The Kier molecular flexibility index (Phi) is 3.97. The molecule has 0 radical (unpaired) electrons.